The molecule has 0 radical (unpaired) electrons. The van der Waals surface area contributed by atoms with Gasteiger partial charge in [-0.15, -0.1) is 11.8 Å². The van der Waals surface area contributed by atoms with Crippen molar-refractivity contribution in [2.75, 3.05) is 0 Å². The summed E-state index contributed by atoms with van der Waals surface area (Å²) >= 11 is 1.52. The Morgan fingerprint density at radius 2 is 1.95 bits per heavy atom. The number of thioether (sulfide) groups is 1. The number of aromatic nitrogens is 2. The predicted octanol–water partition coefficient (Wildman–Crippen LogP) is 3.55. The Bertz CT molecular complexity index is 563. The van der Waals surface area contributed by atoms with Gasteiger partial charge in [0.05, 0.1) is 11.8 Å². The lowest BCUT2D eigenvalue weighted by Crippen LogP contribution is -2.26. The average Bonchev–Trinajstić information content (AvgIpc) is 2.85. The van der Waals surface area contributed by atoms with Crippen molar-refractivity contribution in [3.63, 3.8) is 0 Å². The van der Waals surface area contributed by atoms with Crippen LogP contribution in [-0.2, 0) is 5.75 Å². The smallest absolute Gasteiger partial charge is 0.244 e. The van der Waals surface area contributed by atoms with E-state index >= 15 is 0 Å². The van der Waals surface area contributed by atoms with E-state index in [2.05, 4.69) is 10.1 Å². The zero-order valence-corrected chi connectivity index (χ0v) is 12.6. The zero-order valence-electron chi connectivity index (χ0n) is 11.8. The van der Waals surface area contributed by atoms with Crippen molar-refractivity contribution in [2.45, 2.75) is 37.5 Å². The molecule has 1 unspecified atom stereocenters. The zero-order chi connectivity index (χ0) is 14.8. The van der Waals surface area contributed by atoms with Gasteiger partial charge in [0.1, 0.15) is 5.82 Å². The van der Waals surface area contributed by atoms with Gasteiger partial charge in [-0.3, -0.25) is 0 Å². The lowest BCUT2D eigenvalue weighted by atomic mass is 9.87. The Labute approximate surface area is 121 Å². The first-order valence-electron chi connectivity index (χ1n) is 6.32. The third-order valence-corrected chi connectivity index (χ3v) is 3.87. The van der Waals surface area contributed by atoms with Crippen LogP contribution < -0.4 is 5.73 Å². The summed E-state index contributed by atoms with van der Waals surface area (Å²) in [5.41, 5.74) is 5.93. The lowest BCUT2D eigenvalue weighted by molar-refractivity contribution is 0.252. The summed E-state index contributed by atoms with van der Waals surface area (Å²) in [6, 6.07) is 6.02. The highest BCUT2D eigenvalue weighted by Crippen LogP contribution is 2.30. The van der Waals surface area contributed by atoms with Crippen molar-refractivity contribution >= 4 is 11.8 Å². The van der Waals surface area contributed by atoms with Crippen molar-refractivity contribution in [2.24, 2.45) is 11.1 Å². The van der Waals surface area contributed by atoms with Crippen LogP contribution in [0.15, 0.2) is 33.7 Å². The predicted molar refractivity (Wildman–Crippen MR) is 76.6 cm³/mol. The summed E-state index contributed by atoms with van der Waals surface area (Å²) in [6.07, 6.45) is 0. The highest BCUT2D eigenvalue weighted by molar-refractivity contribution is 7.98. The molecule has 2 aromatic rings. The number of hydrogen-bond acceptors (Lipinski definition) is 5. The molecule has 0 amide bonds. The summed E-state index contributed by atoms with van der Waals surface area (Å²) in [5.74, 6) is 1.36. The molecule has 0 aliphatic carbocycles. The van der Waals surface area contributed by atoms with Crippen LogP contribution in [0.4, 0.5) is 4.39 Å². The second-order valence-electron chi connectivity index (χ2n) is 5.64. The molecule has 0 spiro atoms. The Kier molecular flexibility index (Phi) is 4.45. The number of nitrogens with two attached hydrogens (primary N) is 1. The van der Waals surface area contributed by atoms with Crippen LogP contribution in [0.1, 0.15) is 38.5 Å². The molecule has 20 heavy (non-hydrogen) atoms. The van der Waals surface area contributed by atoms with Gasteiger partial charge in [-0.1, -0.05) is 25.9 Å². The van der Waals surface area contributed by atoms with Crippen molar-refractivity contribution in [3.05, 3.63) is 41.8 Å². The van der Waals surface area contributed by atoms with E-state index in [1.54, 1.807) is 12.1 Å². The largest absolute Gasteiger partial charge is 0.338 e. The molecule has 0 aliphatic rings. The van der Waals surface area contributed by atoms with Crippen LogP contribution in [0.2, 0.25) is 0 Å². The quantitative estimate of drug-likeness (QED) is 0.874. The molecule has 0 saturated carbocycles. The van der Waals surface area contributed by atoms with Crippen molar-refractivity contribution in [1.82, 2.24) is 10.1 Å². The minimum atomic E-state index is -0.292. The maximum absolute atomic E-state index is 12.8. The Hall–Kier alpha value is -1.40. The summed E-state index contributed by atoms with van der Waals surface area (Å²) in [6.45, 7) is 6.07. The lowest BCUT2D eigenvalue weighted by Gasteiger charge is -2.23. The molecule has 1 heterocycles. The fourth-order valence-electron chi connectivity index (χ4n) is 1.50. The van der Waals surface area contributed by atoms with Crippen molar-refractivity contribution in [3.8, 4) is 0 Å². The molecule has 0 aliphatic heterocycles. The number of halogens is 1. The maximum atomic E-state index is 12.8. The molecular formula is C14H18FN3OS. The molecule has 2 N–H and O–H groups in total. The molecule has 0 saturated heterocycles. The van der Waals surface area contributed by atoms with E-state index in [0.29, 0.717) is 17.5 Å². The highest BCUT2D eigenvalue weighted by atomic mass is 32.2. The monoisotopic (exact) mass is 295 g/mol. The van der Waals surface area contributed by atoms with Gasteiger partial charge in [0.2, 0.25) is 5.89 Å². The van der Waals surface area contributed by atoms with Gasteiger partial charge in [-0.2, -0.15) is 4.98 Å². The summed E-state index contributed by atoms with van der Waals surface area (Å²) in [4.78, 5) is 5.27. The van der Waals surface area contributed by atoms with Crippen LogP contribution in [0.25, 0.3) is 0 Å². The SMILES string of the molecule is CC(C)(C)C(N)c1nc(CSc2ccc(F)cc2)no1. The first-order valence-corrected chi connectivity index (χ1v) is 7.31. The van der Waals surface area contributed by atoms with Gasteiger partial charge in [-0.05, 0) is 29.7 Å². The van der Waals surface area contributed by atoms with Crippen molar-refractivity contribution in [1.29, 1.82) is 0 Å². The molecular weight excluding hydrogens is 277 g/mol. The van der Waals surface area contributed by atoms with E-state index in [-0.39, 0.29) is 17.3 Å². The topological polar surface area (TPSA) is 64.9 Å². The molecule has 0 bridgehead atoms. The van der Waals surface area contributed by atoms with Gasteiger partial charge < -0.3 is 10.3 Å². The number of nitrogens with zero attached hydrogens (tertiary/aromatic N) is 2. The first kappa shape index (κ1) is 15.0. The molecule has 1 aromatic heterocycles. The van der Waals surface area contributed by atoms with E-state index in [1.165, 1.54) is 23.9 Å². The van der Waals surface area contributed by atoms with E-state index < -0.39 is 0 Å². The van der Waals surface area contributed by atoms with E-state index in [4.69, 9.17) is 10.3 Å². The minimum Gasteiger partial charge on any atom is -0.338 e. The van der Waals surface area contributed by atoms with Crippen LogP contribution in [0.5, 0.6) is 0 Å². The average molecular weight is 295 g/mol. The third-order valence-electron chi connectivity index (χ3n) is 2.86. The second kappa shape index (κ2) is 5.93. The number of hydrogen-bond donors (Lipinski definition) is 1. The standard InChI is InChI=1S/C14H18FN3OS/c1-14(2,3)12(16)13-17-11(18-19-13)8-20-10-6-4-9(15)5-7-10/h4-7,12H,8,16H2,1-3H3. The van der Waals surface area contributed by atoms with Crippen LogP contribution in [0.3, 0.4) is 0 Å². The van der Waals surface area contributed by atoms with Gasteiger partial charge in [0.15, 0.2) is 5.82 Å². The van der Waals surface area contributed by atoms with E-state index in [1.807, 2.05) is 20.8 Å². The van der Waals surface area contributed by atoms with Gasteiger partial charge in [0.25, 0.3) is 0 Å². The first-order chi connectivity index (χ1) is 9.36. The maximum Gasteiger partial charge on any atom is 0.244 e. The molecule has 0 fully saturated rings. The summed E-state index contributed by atoms with van der Waals surface area (Å²) in [7, 11) is 0. The fourth-order valence-corrected chi connectivity index (χ4v) is 2.24. The summed E-state index contributed by atoms with van der Waals surface area (Å²) in [5, 5.41) is 3.92. The summed E-state index contributed by atoms with van der Waals surface area (Å²) < 4.78 is 18.0. The van der Waals surface area contributed by atoms with Gasteiger partial charge in [-0.25, -0.2) is 4.39 Å². The fraction of sp³-hybridized carbons (Fsp3) is 0.429. The van der Waals surface area contributed by atoms with Crippen LogP contribution in [-0.4, -0.2) is 10.1 Å². The van der Waals surface area contributed by atoms with Gasteiger partial charge in [0, 0.05) is 4.90 Å². The molecule has 2 rings (SSSR count). The third kappa shape index (κ3) is 3.80. The van der Waals surface area contributed by atoms with E-state index in [9.17, 15) is 4.39 Å². The van der Waals surface area contributed by atoms with Crippen molar-refractivity contribution < 1.29 is 8.91 Å². The number of benzene rings is 1. The molecule has 108 valence electrons. The van der Waals surface area contributed by atoms with Crippen LogP contribution in [0, 0.1) is 11.2 Å². The molecule has 1 aromatic carbocycles. The second-order valence-corrected chi connectivity index (χ2v) is 6.68. The highest BCUT2D eigenvalue weighted by Gasteiger charge is 2.27. The minimum absolute atomic E-state index is 0.131. The molecule has 6 heteroatoms. The molecule has 4 nitrogen and oxygen atoms in total. The molecule has 1 atom stereocenters. The Morgan fingerprint density at radius 1 is 1.30 bits per heavy atom. The Morgan fingerprint density at radius 3 is 2.55 bits per heavy atom. The van der Waals surface area contributed by atoms with Gasteiger partial charge >= 0.3 is 0 Å². The van der Waals surface area contributed by atoms with E-state index in [0.717, 1.165) is 4.90 Å². The van der Waals surface area contributed by atoms with Crippen LogP contribution >= 0.6 is 11.8 Å². The normalized spacial score (nSPS) is 13.4. The Balaban J connectivity index is 1.98. The number of rotatable bonds is 4.